The molecular weight excluding hydrogens is 499 g/mol. The molecule has 36 heavy (non-hydrogen) atoms. The smallest absolute Gasteiger partial charge is 0.487 e. The maximum absolute atomic E-state index is 12.3. The molecule has 1 aromatic carbocycles. The number of amides is 2. The van der Waals surface area contributed by atoms with Crippen molar-refractivity contribution in [3.63, 3.8) is 0 Å². The Labute approximate surface area is 210 Å². The summed E-state index contributed by atoms with van der Waals surface area (Å²) in [4.78, 5) is 22.6. The van der Waals surface area contributed by atoms with E-state index >= 15 is 0 Å². The third kappa shape index (κ3) is 7.14. The fraction of sp³-hybridized carbons (Fsp3) is 0.292. The fourth-order valence-corrected chi connectivity index (χ4v) is 4.01. The van der Waals surface area contributed by atoms with Crippen LogP contribution in [0.4, 0.5) is 29.5 Å². The Bertz CT molecular complexity index is 1160. The zero-order valence-electron chi connectivity index (χ0n) is 19.0. The SMILES string of the molecule is O=C(Nc1cccnc1)NC1CCN(c2nccc(OCc3ccc(OC(F)(F)F)cc3)c2Cl)CC1. The largest absolute Gasteiger partial charge is 0.573 e. The lowest BCUT2D eigenvalue weighted by molar-refractivity contribution is -0.274. The molecule has 0 unspecified atom stereocenters. The number of alkyl halides is 3. The molecule has 2 N–H and O–H groups in total. The van der Waals surface area contributed by atoms with E-state index in [9.17, 15) is 18.0 Å². The number of hydrogen-bond donors (Lipinski definition) is 2. The zero-order chi connectivity index (χ0) is 25.5. The van der Waals surface area contributed by atoms with E-state index in [1.54, 1.807) is 36.8 Å². The second kappa shape index (κ2) is 11.3. The second-order valence-corrected chi connectivity index (χ2v) is 8.41. The van der Waals surface area contributed by atoms with E-state index in [0.717, 1.165) is 0 Å². The van der Waals surface area contributed by atoms with Gasteiger partial charge in [0.1, 0.15) is 23.1 Å². The topological polar surface area (TPSA) is 88.6 Å². The number of anilines is 2. The lowest BCUT2D eigenvalue weighted by Crippen LogP contribution is -2.46. The summed E-state index contributed by atoms with van der Waals surface area (Å²) in [7, 11) is 0. The molecule has 0 aliphatic carbocycles. The van der Waals surface area contributed by atoms with E-state index in [0.29, 0.717) is 53.8 Å². The van der Waals surface area contributed by atoms with Crippen LogP contribution in [0.1, 0.15) is 18.4 Å². The van der Waals surface area contributed by atoms with E-state index in [-0.39, 0.29) is 24.4 Å². The normalized spacial score (nSPS) is 14.3. The molecule has 190 valence electrons. The summed E-state index contributed by atoms with van der Waals surface area (Å²) in [6.45, 7) is 1.37. The molecule has 1 saturated heterocycles. The van der Waals surface area contributed by atoms with Crippen LogP contribution in [0.3, 0.4) is 0 Å². The Hall–Kier alpha value is -3.73. The molecule has 3 heterocycles. The molecule has 2 aromatic heterocycles. The van der Waals surface area contributed by atoms with Crippen molar-refractivity contribution in [2.45, 2.75) is 31.9 Å². The predicted octanol–water partition coefficient (Wildman–Crippen LogP) is 5.40. The van der Waals surface area contributed by atoms with Gasteiger partial charge in [-0.1, -0.05) is 23.7 Å². The van der Waals surface area contributed by atoms with Crippen molar-refractivity contribution < 1.29 is 27.4 Å². The van der Waals surface area contributed by atoms with Crippen molar-refractivity contribution >= 4 is 29.1 Å². The van der Waals surface area contributed by atoms with Gasteiger partial charge in [-0.3, -0.25) is 4.98 Å². The van der Waals surface area contributed by atoms with Crippen LogP contribution in [0.5, 0.6) is 11.5 Å². The van der Waals surface area contributed by atoms with E-state index in [1.165, 1.54) is 24.3 Å². The first kappa shape index (κ1) is 25.4. The molecule has 0 bridgehead atoms. The van der Waals surface area contributed by atoms with Gasteiger partial charge in [0.25, 0.3) is 0 Å². The van der Waals surface area contributed by atoms with E-state index in [1.807, 2.05) is 4.90 Å². The van der Waals surface area contributed by atoms with Gasteiger partial charge >= 0.3 is 12.4 Å². The number of rotatable bonds is 7. The van der Waals surface area contributed by atoms with Crippen LogP contribution in [-0.2, 0) is 6.61 Å². The fourth-order valence-electron chi connectivity index (χ4n) is 3.72. The van der Waals surface area contributed by atoms with Crippen molar-refractivity contribution in [2.75, 3.05) is 23.3 Å². The molecular formula is C24H23ClF3N5O3. The standard InChI is InChI=1S/C24H23ClF3N5O3/c25-21-20(35-15-16-3-5-19(6-4-16)36-24(26,27)28)7-11-30-22(21)33-12-8-17(9-13-33)31-23(34)32-18-2-1-10-29-14-18/h1-7,10-11,14,17H,8-9,12-13,15H2,(H2,31,32,34). The number of nitrogens with one attached hydrogen (secondary N) is 2. The van der Waals surface area contributed by atoms with Crippen molar-refractivity contribution in [1.29, 1.82) is 0 Å². The summed E-state index contributed by atoms with van der Waals surface area (Å²) in [5, 5.41) is 6.07. The summed E-state index contributed by atoms with van der Waals surface area (Å²) in [5.41, 5.74) is 1.27. The highest BCUT2D eigenvalue weighted by atomic mass is 35.5. The Kier molecular flexibility index (Phi) is 7.99. The number of urea groups is 1. The van der Waals surface area contributed by atoms with Crippen LogP contribution in [0.15, 0.2) is 61.1 Å². The van der Waals surface area contributed by atoms with Gasteiger partial charge in [0, 0.05) is 37.6 Å². The number of halogens is 4. The van der Waals surface area contributed by atoms with E-state index in [4.69, 9.17) is 16.3 Å². The molecule has 0 radical (unpaired) electrons. The average molecular weight is 522 g/mol. The molecule has 1 aliphatic heterocycles. The first-order chi connectivity index (χ1) is 17.3. The van der Waals surface area contributed by atoms with Gasteiger partial charge in [-0.2, -0.15) is 0 Å². The maximum atomic E-state index is 12.3. The van der Waals surface area contributed by atoms with Crippen molar-refractivity contribution in [3.8, 4) is 11.5 Å². The van der Waals surface area contributed by atoms with Gasteiger partial charge < -0.3 is 25.0 Å². The first-order valence-electron chi connectivity index (χ1n) is 11.1. The molecule has 0 saturated carbocycles. The highest BCUT2D eigenvalue weighted by molar-refractivity contribution is 6.34. The monoisotopic (exact) mass is 521 g/mol. The van der Waals surface area contributed by atoms with Crippen molar-refractivity contribution in [1.82, 2.24) is 15.3 Å². The molecule has 0 spiro atoms. The summed E-state index contributed by atoms with van der Waals surface area (Å²) in [6, 6.07) is 10.3. The molecule has 12 heteroatoms. The Morgan fingerprint density at radius 2 is 1.86 bits per heavy atom. The van der Waals surface area contributed by atoms with Gasteiger partial charge in [-0.05, 0) is 42.7 Å². The quantitative estimate of drug-likeness (QED) is 0.433. The Morgan fingerprint density at radius 3 is 2.53 bits per heavy atom. The van der Waals surface area contributed by atoms with Crippen LogP contribution in [0.25, 0.3) is 0 Å². The minimum Gasteiger partial charge on any atom is -0.487 e. The molecule has 0 atom stereocenters. The van der Waals surface area contributed by atoms with Gasteiger partial charge in [-0.15, -0.1) is 13.2 Å². The van der Waals surface area contributed by atoms with Crippen LogP contribution >= 0.6 is 11.6 Å². The summed E-state index contributed by atoms with van der Waals surface area (Å²) < 4.78 is 46.6. The minimum absolute atomic E-state index is 0.000395. The molecule has 4 rings (SSSR count). The number of ether oxygens (including phenoxy) is 2. The lowest BCUT2D eigenvalue weighted by Gasteiger charge is -2.33. The average Bonchev–Trinajstić information content (AvgIpc) is 2.84. The lowest BCUT2D eigenvalue weighted by atomic mass is 10.1. The summed E-state index contributed by atoms with van der Waals surface area (Å²) in [6.07, 6.45) is 1.46. The van der Waals surface area contributed by atoms with Gasteiger partial charge in [0.15, 0.2) is 5.82 Å². The third-order valence-corrected chi connectivity index (χ3v) is 5.79. The number of carbonyl (C=O) groups is 1. The van der Waals surface area contributed by atoms with Gasteiger partial charge in [0.2, 0.25) is 0 Å². The number of piperidine rings is 1. The highest BCUT2D eigenvalue weighted by Crippen LogP contribution is 2.34. The molecule has 1 fully saturated rings. The number of carbonyl (C=O) groups excluding carboxylic acids is 1. The summed E-state index contributed by atoms with van der Waals surface area (Å²) in [5.74, 6) is 0.678. The van der Waals surface area contributed by atoms with Crippen molar-refractivity contribution in [3.05, 3.63) is 71.6 Å². The number of nitrogens with zero attached hydrogens (tertiary/aromatic N) is 3. The van der Waals surface area contributed by atoms with Crippen LogP contribution in [0, 0.1) is 0 Å². The summed E-state index contributed by atoms with van der Waals surface area (Å²) >= 11 is 6.56. The molecule has 3 aromatic rings. The predicted molar refractivity (Wildman–Crippen MR) is 128 cm³/mol. The zero-order valence-corrected chi connectivity index (χ0v) is 19.7. The number of aromatic nitrogens is 2. The minimum atomic E-state index is -4.74. The van der Waals surface area contributed by atoms with Crippen LogP contribution < -0.4 is 25.0 Å². The number of hydrogen-bond acceptors (Lipinski definition) is 6. The number of benzene rings is 1. The Balaban J connectivity index is 1.29. The van der Waals surface area contributed by atoms with Crippen LogP contribution in [-0.4, -0.2) is 41.5 Å². The van der Waals surface area contributed by atoms with Crippen molar-refractivity contribution in [2.24, 2.45) is 0 Å². The molecule has 2 amide bonds. The molecule has 1 aliphatic rings. The maximum Gasteiger partial charge on any atom is 0.573 e. The Morgan fingerprint density at radius 1 is 1.11 bits per heavy atom. The van der Waals surface area contributed by atoms with Crippen LogP contribution in [0.2, 0.25) is 5.02 Å². The van der Waals surface area contributed by atoms with Gasteiger partial charge in [-0.25, -0.2) is 9.78 Å². The van der Waals surface area contributed by atoms with E-state index in [2.05, 4.69) is 25.3 Å². The third-order valence-electron chi connectivity index (χ3n) is 5.44. The molecule has 8 nitrogen and oxygen atoms in total. The second-order valence-electron chi connectivity index (χ2n) is 8.03. The number of pyridine rings is 2. The van der Waals surface area contributed by atoms with Gasteiger partial charge in [0.05, 0.1) is 11.9 Å². The highest BCUT2D eigenvalue weighted by Gasteiger charge is 2.31. The van der Waals surface area contributed by atoms with E-state index < -0.39 is 6.36 Å². The first-order valence-corrected chi connectivity index (χ1v) is 11.5.